The Bertz CT molecular complexity index is 692. The van der Waals surface area contributed by atoms with Crippen molar-refractivity contribution in [1.82, 2.24) is 9.71 Å². The molecule has 0 bridgehead atoms. The molecule has 21 heavy (non-hydrogen) atoms. The second-order valence-electron chi connectivity index (χ2n) is 4.53. The van der Waals surface area contributed by atoms with Gasteiger partial charge in [0.25, 0.3) is 0 Å². The fourth-order valence-electron chi connectivity index (χ4n) is 1.87. The average Bonchev–Trinajstić information content (AvgIpc) is 2.47. The summed E-state index contributed by atoms with van der Waals surface area (Å²) in [7, 11) is -3.93. The van der Waals surface area contributed by atoms with E-state index in [0.717, 1.165) is 24.0 Å². The van der Waals surface area contributed by atoms with Crippen LogP contribution in [0.2, 0.25) is 0 Å². The number of halogens is 1. The highest BCUT2D eigenvalue weighted by Crippen LogP contribution is 2.11. The van der Waals surface area contributed by atoms with Crippen LogP contribution in [0.3, 0.4) is 0 Å². The largest absolute Gasteiger partial charge is 0.395 e. The van der Waals surface area contributed by atoms with Gasteiger partial charge in [-0.25, -0.2) is 17.5 Å². The molecule has 0 unspecified atom stereocenters. The highest BCUT2D eigenvalue weighted by atomic mass is 32.2. The van der Waals surface area contributed by atoms with E-state index >= 15 is 0 Å². The van der Waals surface area contributed by atoms with Gasteiger partial charge in [0.05, 0.1) is 12.8 Å². The lowest BCUT2D eigenvalue weighted by Gasteiger charge is -2.16. The Balaban J connectivity index is 2.14. The number of hydrogen-bond acceptors (Lipinski definition) is 4. The third-order valence-corrected chi connectivity index (χ3v) is 4.34. The van der Waals surface area contributed by atoms with Gasteiger partial charge in [-0.05, 0) is 18.1 Å². The van der Waals surface area contributed by atoms with Crippen LogP contribution in [0.25, 0.3) is 0 Å². The van der Waals surface area contributed by atoms with Crippen LogP contribution in [0, 0.1) is 5.82 Å². The van der Waals surface area contributed by atoms with Gasteiger partial charge in [-0.1, -0.05) is 30.3 Å². The molecule has 0 spiro atoms. The third kappa shape index (κ3) is 4.32. The van der Waals surface area contributed by atoms with Gasteiger partial charge in [-0.2, -0.15) is 0 Å². The molecular formula is C14H15FN2O3S. The summed E-state index contributed by atoms with van der Waals surface area (Å²) in [6.07, 6.45) is 2.31. The van der Waals surface area contributed by atoms with Crippen molar-refractivity contribution in [1.29, 1.82) is 0 Å². The summed E-state index contributed by atoms with van der Waals surface area (Å²) in [5.41, 5.74) is 0.886. The smallest absolute Gasteiger partial charge is 0.242 e. The standard InChI is InChI=1S/C14H15FN2O3S/c15-12-7-14(9-16-8-12)21(19,20)17-13(10-18)6-11-4-2-1-3-5-11/h1-5,7-9,13,17-18H,6,10H2/t13-/m0/s1. The fraction of sp³-hybridized carbons (Fsp3) is 0.214. The molecule has 0 aliphatic carbocycles. The molecule has 7 heteroatoms. The van der Waals surface area contributed by atoms with Crippen LogP contribution < -0.4 is 4.72 Å². The number of rotatable bonds is 6. The molecule has 0 amide bonds. The van der Waals surface area contributed by atoms with E-state index in [-0.39, 0.29) is 11.5 Å². The summed E-state index contributed by atoms with van der Waals surface area (Å²) in [5.74, 6) is -0.735. The van der Waals surface area contributed by atoms with Crippen molar-refractivity contribution in [3.8, 4) is 0 Å². The Labute approximate surface area is 122 Å². The van der Waals surface area contributed by atoms with Crippen LogP contribution in [0.4, 0.5) is 4.39 Å². The summed E-state index contributed by atoms with van der Waals surface area (Å²) in [6, 6.07) is 9.36. The van der Waals surface area contributed by atoms with Crippen LogP contribution in [-0.4, -0.2) is 31.2 Å². The highest BCUT2D eigenvalue weighted by molar-refractivity contribution is 7.89. The van der Waals surface area contributed by atoms with Crippen molar-refractivity contribution in [2.45, 2.75) is 17.4 Å². The zero-order chi connectivity index (χ0) is 15.3. The molecule has 0 saturated heterocycles. The molecule has 0 aliphatic rings. The van der Waals surface area contributed by atoms with Gasteiger partial charge in [0.2, 0.25) is 10.0 Å². The van der Waals surface area contributed by atoms with Crippen LogP contribution in [0.1, 0.15) is 5.56 Å². The summed E-state index contributed by atoms with van der Waals surface area (Å²) >= 11 is 0. The van der Waals surface area contributed by atoms with Crippen molar-refractivity contribution < 1.29 is 17.9 Å². The molecule has 2 N–H and O–H groups in total. The Morgan fingerprint density at radius 1 is 1.24 bits per heavy atom. The second kappa shape index (κ2) is 6.75. The van der Waals surface area contributed by atoms with E-state index in [1.54, 1.807) is 0 Å². The lowest BCUT2D eigenvalue weighted by atomic mass is 10.1. The number of nitrogens with zero attached hydrogens (tertiary/aromatic N) is 1. The molecule has 0 fully saturated rings. The minimum atomic E-state index is -3.93. The molecule has 1 aromatic carbocycles. The molecule has 0 aliphatic heterocycles. The van der Waals surface area contributed by atoms with Gasteiger partial charge in [-0.15, -0.1) is 0 Å². The first-order valence-electron chi connectivity index (χ1n) is 6.29. The molecule has 2 aromatic rings. The lowest BCUT2D eigenvalue weighted by molar-refractivity contribution is 0.256. The van der Waals surface area contributed by atoms with E-state index in [0.29, 0.717) is 6.42 Å². The molecular weight excluding hydrogens is 295 g/mol. The summed E-state index contributed by atoms with van der Waals surface area (Å²) in [4.78, 5) is 3.24. The maximum Gasteiger partial charge on any atom is 0.242 e. The third-order valence-electron chi connectivity index (χ3n) is 2.86. The van der Waals surface area contributed by atoms with E-state index in [9.17, 15) is 17.9 Å². The SMILES string of the molecule is O=S(=O)(N[C@H](CO)Cc1ccccc1)c1cncc(F)c1. The molecule has 112 valence electrons. The van der Waals surface area contributed by atoms with Gasteiger partial charge in [-0.3, -0.25) is 4.98 Å². The number of pyridine rings is 1. The lowest BCUT2D eigenvalue weighted by Crippen LogP contribution is -2.39. The predicted molar refractivity (Wildman–Crippen MR) is 75.5 cm³/mol. The maximum absolute atomic E-state index is 13.1. The van der Waals surface area contributed by atoms with Crippen molar-refractivity contribution in [2.24, 2.45) is 0 Å². The molecule has 0 saturated carbocycles. The van der Waals surface area contributed by atoms with Crippen molar-refractivity contribution in [2.75, 3.05) is 6.61 Å². The Hall–Kier alpha value is -1.83. The highest BCUT2D eigenvalue weighted by Gasteiger charge is 2.20. The van der Waals surface area contributed by atoms with Crippen molar-refractivity contribution in [3.05, 3.63) is 60.2 Å². The van der Waals surface area contributed by atoms with Gasteiger partial charge >= 0.3 is 0 Å². The monoisotopic (exact) mass is 310 g/mol. The number of benzene rings is 1. The Kier molecular flexibility index (Phi) is 5.00. The quantitative estimate of drug-likeness (QED) is 0.837. The predicted octanol–water partition coefficient (Wildman–Crippen LogP) is 1.10. The summed E-state index contributed by atoms with van der Waals surface area (Å²) < 4.78 is 39.6. The minimum absolute atomic E-state index is 0.269. The van der Waals surface area contributed by atoms with Gasteiger partial charge < -0.3 is 5.11 Å². The van der Waals surface area contributed by atoms with Crippen LogP contribution in [-0.2, 0) is 16.4 Å². The topological polar surface area (TPSA) is 79.3 Å². The number of aliphatic hydroxyl groups is 1. The van der Waals surface area contributed by atoms with Gasteiger partial charge in [0.15, 0.2) is 0 Å². The summed E-state index contributed by atoms with van der Waals surface area (Å²) in [6.45, 7) is -0.364. The first-order valence-corrected chi connectivity index (χ1v) is 7.77. The molecule has 1 aromatic heterocycles. The van der Waals surface area contributed by atoms with E-state index < -0.39 is 21.9 Å². The van der Waals surface area contributed by atoms with Gasteiger partial charge in [0.1, 0.15) is 10.7 Å². The zero-order valence-corrected chi connectivity index (χ0v) is 11.9. The normalized spacial score (nSPS) is 13.0. The average molecular weight is 310 g/mol. The number of hydrogen-bond donors (Lipinski definition) is 2. The molecule has 5 nitrogen and oxygen atoms in total. The number of aromatic nitrogens is 1. The van der Waals surface area contributed by atoms with E-state index in [1.165, 1.54) is 0 Å². The Morgan fingerprint density at radius 3 is 2.57 bits per heavy atom. The second-order valence-corrected chi connectivity index (χ2v) is 6.24. The summed E-state index contributed by atoms with van der Waals surface area (Å²) in [5, 5.41) is 9.34. The molecule has 1 atom stereocenters. The first kappa shape index (κ1) is 15.6. The van der Waals surface area contributed by atoms with Crippen LogP contribution >= 0.6 is 0 Å². The number of sulfonamides is 1. The van der Waals surface area contributed by atoms with Crippen molar-refractivity contribution in [3.63, 3.8) is 0 Å². The number of nitrogens with one attached hydrogen (secondary N) is 1. The molecule has 2 rings (SSSR count). The first-order chi connectivity index (χ1) is 10.0. The fourth-order valence-corrected chi connectivity index (χ4v) is 3.07. The number of aliphatic hydroxyl groups excluding tert-OH is 1. The van der Waals surface area contributed by atoms with Crippen LogP contribution in [0.15, 0.2) is 53.7 Å². The van der Waals surface area contributed by atoms with Gasteiger partial charge in [0, 0.05) is 12.2 Å². The Morgan fingerprint density at radius 2 is 1.95 bits per heavy atom. The van der Waals surface area contributed by atoms with E-state index in [2.05, 4.69) is 9.71 Å². The molecule has 0 radical (unpaired) electrons. The van der Waals surface area contributed by atoms with Crippen molar-refractivity contribution >= 4 is 10.0 Å². The molecule has 1 heterocycles. The van der Waals surface area contributed by atoms with E-state index in [1.807, 2.05) is 30.3 Å². The zero-order valence-electron chi connectivity index (χ0n) is 11.1. The minimum Gasteiger partial charge on any atom is -0.395 e. The van der Waals surface area contributed by atoms with E-state index in [4.69, 9.17) is 0 Å². The maximum atomic E-state index is 13.1. The van der Waals surface area contributed by atoms with Crippen LogP contribution in [0.5, 0.6) is 0 Å².